The number of hydrogen-bond donors (Lipinski definition) is 1. The normalized spacial score (nSPS) is 13.2. The molecule has 1 aromatic heterocycles. The van der Waals surface area contributed by atoms with Gasteiger partial charge in [-0.3, -0.25) is 0 Å². The Morgan fingerprint density at radius 1 is 1.40 bits per heavy atom. The van der Waals surface area contributed by atoms with Crippen molar-refractivity contribution in [2.45, 2.75) is 47.3 Å². The number of nitrogens with zero attached hydrogens (tertiary/aromatic N) is 2. The van der Waals surface area contributed by atoms with E-state index in [0.29, 0.717) is 17.5 Å². The van der Waals surface area contributed by atoms with E-state index in [1.54, 1.807) is 0 Å². The zero-order chi connectivity index (χ0) is 11.6. The van der Waals surface area contributed by atoms with Gasteiger partial charge in [0.2, 0.25) is 5.88 Å². The highest BCUT2D eigenvalue weighted by Crippen LogP contribution is 2.26. The lowest BCUT2D eigenvalue weighted by molar-refractivity contribution is 0.155. The van der Waals surface area contributed by atoms with Crippen molar-refractivity contribution in [3.05, 3.63) is 5.69 Å². The summed E-state index contributed by atoms with van der Waals surface area (Å²) in [5.74, 6) is 1.17. The smallest absolute Gasteiger partial charge is 0.236 e. The predicted octanol–water partition coefficient (Wildman–Crippen LogP) is 2.22. The molecule has 0 aromatic carbocycles. The number of anilines is 1. The first-order valence-electron chi connectivity index (χ1n) is 5.46. The number of rotatable bonds is 4. The fraction of sp³-hybridized carbons (Fsp3) is 0.727. The summed E-state index contributed by atoms with van der Waals surface area (Å²) in [7, 11) is 0. The van der Waals surface area contributed by atoms with Gasteiger partial charge >= 0.3 is 0 Å². The van der Waals surface area contributed by atoms with Crippen molar-refractivity contribution in [1.29, 1.82) is 0 Å². The summed E-state index contributed by atoms with van der Waals surface area (Å²) in [5.41, 5.74) is 7.41. The van der Waals surface area contributed by atoms with E-state index in [1.807, 2.05) is 25.5 Å². The molecule has 0 aliphatic heterocycles. The lowest BCUT2D eigenvalue weighted by atomic mass is 10.1. The van der Waals surface area contributed by atoms with E-state index in [0.717, 1.165) is 12.2 Å². The van der Waals surface area contributed by atoms with Crippen LogP contribution in [0, 0.1) is 12.8 Å². The molecule has 4 nitrogen and oxygen atoms in total. The summed E-state index contributed by atoms with van der Waals surface area (Å²) >= 11 is 0. The summed E-state index contributed by atoms with van der Waals surface area (Å²) in [6.45, 7) is 11.0. The Morgan fingerprint density at radius 2 is 2.00 bits per heavy atom. The molecule has 4 heteroatoms. The molecule has 1 heterocycles. The quantitative estimate of drug-likeness (QED) is 0.830. The van der Waals surface area contributed by atoms with Crippen molar-refractivity contribution in [3.63, 3.8) is 0 Å². The van der Waals surface area contributed by atoms with Gasteiger partial charge in [-0.2, -0.15) is 5.10 Å². The molecule has 1 atom stereocenters. The van der Waals surface area contributed by atoms with Crippen LogP contribution in [0.3, 0.4) is 0 Å². The maximum Gasteiger partial charge on any atom is 0.236 e. The third-order valence-corrected chi connectivity index (χ3v) is 2.66. The highest BCUT2D eigenvalue weighted by Gasteiger charge is 2.17. The Labute approximate surface area is 91.4 Å². The van der Waals surface area contributed by atoms with Crippen molar-refractivity contribution in [1.82, 2.24) is 9.78 Å². The van der Waals surface area contributed by atoms with Crippen LogP contribution in [0.5, 0.6) is 5.88 Å². The van der Waals surface area contributed by atoms with Crippen molar-refractivity contribution in [2.75, 3.05) is 5.73 Å². The van der Waals surface area contributed by atoms with Gasteiger partial charge in [-0.1, -0.05) is 13.8 Å². The highest BCUT2D eigenvalue weighted by atomic mass is 16.5. The average Bonchev–Trinajstić information content (AvgIpc) is 2.45. The Kier molecular flexibility index (Phi) is 3.61. The molecule has 0 fully saturated rings. The van der Waals surface area contributed by atoms with Crippen molar-refractivity contribution in [2.24, 2.45) is 5.92 Å². The van der Waals surface area contributed by atoms with Gasteiger partial charge < -0.3 is 10.5 Å². The van der Waals surface area contributed by atoms with Gasteiger partial charge in [0, 0.05) is 6.54 Å². The van der Waals surface area contributed by atoms with Crippen LogP contribution in [-0.4, -0.2) is 15.9 Å². The molecule has 1 aromatic rings. The van der Waals surface area contributed by atoms with Crippen LogP contribution in [0.2, 0.25) is 0 Å². The highest BCUT2D eigenvalue weighted by molar-refractivity contribution is 5.52. The zero-order valence-electron chi connectivity index (χ0n) is 10.2. The largest absolute Gasteiger partial charge is 0.473 e. The van der Waals surface area contributed by atoms with Crippen LogP contribution < -0.4 is 10.5 Å². The Morgan fingerprint density at radius 3 is 2.47 bits per heavy atom. The minimum atomic E-state index is 0.147. The SMILES string of the molecule is CCn1nc(C)c(N)c1OC(C)C(C)C. The summed E-state index contributed by atoms with van der Waals surface area (Å²) < 4.78 is 7.63. The number of aromatic nitrogens is 2. The van der Waals surface area contributed by atoms with Crippen molar-refractivity contribution >= 4 is 5.69 Å². The van der Waals surface area contributed by atoms with E-state index >= 15 is 0 Å². The molecule has 2 N–H and O–H groups in total. The number of nitrogen functional groups attached to an aromatic ring is 1. The minimum Gasteiger partial charge on any atom is -0.473 e. The summed E-state index contributed by atoms with van der Waals surface area (Å²) in [6, 6.07) is 0. The lowest BCUT2D eigenvalue weighted by Gasteiger charge is -2.18. The fourth-order valence-corrected chi connectivity index (χ4v) is 1.22. The topological polar surface area (TPSA) is 53.1 Å². The molecule has 1 rings (SSSR count). The first-order valence-corrected chi connectivity index (χ1v) is 5.46. The molecular weight excluding hydrogens is 190 g/mol. The van der Waals surface area contributed by atoms with Crippen LogP contribution in [-0.2, 0) is 6.54 Å². The van der Waals surface area contributed by atoms with Crippen LogP contribution in [0.4, 0.5) is 5.69 Å². The minimum absolute atomic E-state index is 0.147. The van der Waals surface area contributed by atoms with Gasteiger partial charge in [0.05, 0.1) is 11.8 Å². The summed E-state index contributed by atoms with van der Waals surface area (Å²) in [5, 5.41) is 4.31. The van der Waals surface area contributed by atoms with Crippen LogP contribution >= 0.6 is 0 Å². The zero-order valence-corrected chi connectivity index (χ0v) is 10.2. The second kappa shape index (κ2) is 4.55. The molecule has 0 bridgehead atoms. The first-order chi connectivity index (χ1) is 6.97. The van der Waals surface area contributed by atoms with Gasteiger partial charge in [0.1, 0.15) is 5.69 Å². The molecule has 0 spiro atoms. The first kappa shape index (κ1) is 11.9. The molecule has 0 amide bonds. The summed E-state index contributed by atoms with van der Waals surface area (Å²) in [4.78, 5) is 0. The van der Waals surface area contributed by atoms with Crippen LogP contribution in [0.1, 0.15) is 33.4 Å². The third kappa shape index (κ3) is 2.43. The average molecular weight is 211 g/mol. The predicted molar refractivity (Wildman–Crippen MR) is 62.0 cm³/mol. The number of nitrogens with two attached hydrogens (primary N) is 1. The second-order valence-electron chi connectivity index (χ2n) is 4.19. The Hall–Kier alpha value is -1.19. The molecule has 86 valence electrons. The maximum atomic E-state index is 5.92. The van der Waals surface area contributed by atoms with Crippen LogP contribution in [0.15, 0.2) is 0 Å². The van der Waals surface area contributed by atoms with Gasteiger partial charge in [0.25, 0.3) is 0 Å². The second-order valence-corrected chi connectivity index (χ2v) is 4.19. The standard InChI is InChI=1S/C11H21N3O/c1-6-14-11(10(12)8(4)13-14)15-9(5)7(2)3/h7,9H,6,12H2,1-5H3. The van der Waals surface area contributed by atoms with Gasteiger partial charge in [-0.25, -0.2) is 4.68 Å². The molecule has 0 aliphatic rings. The maximum absolute atomic E-state index is 5.92. The number of hydrogen-bond acceptors (Lipinski definition) is 3. The summed E-state index contributed by atoms with van der Waals surface area (Å²) in [6.07, 6.45) is 0.147. The molecule has 15 heavy (non-hydrogen) atoms. The Bertz CT molecular complexity index is 331. The van der Waals surface area contributed by atoms with E-state index < -0.39 is 0 Å². The van der Waals surface area contributed by atoms with E-state index in [2.05, 4.69) is 18.9 Å². The molecule has 0 aliphatic carbocycles. The van der Waals surface area contributed by atoms with E-state index in [-0.39, 0.29) is 6.10 Å². The molecule has 0 saturated heterocycles. The fourth-order valence-electron chi connectivity index (χ4n) is 1.22. The van der Waals surface area contributed by atoms with Gasteiger partial charge in [-0.05, 0) is 26.7 Å². The number of ether oxygens (including phenoxy) is 1. The molecule has 1 unspecified atom stereocenters. The van der Waals surface area contributed by atoms with E-state index in [1.165, 1.54) is 0 Å². The molecule has 0 radical (unpaired) electrons. The van der Waals surface area contributed by atoms with Gasteiger partial charge in [-0.15, -0.1) is 0 Å². The lowest BCUT2D eigenvalue weighted by Crippen LogP contribution is -2.21. The third-order valence-electron chi connectivity index (χ3n) is 2.66. The molecular formula is C11H21N3O. The van der Waals surface area contributed by atoms with Crippen molar-refractivity contribution in [3.8, 4) is 5.88 Å². The van der Waals surface area contributed by atoms with Crippen molar-refractivity contribution < 1.29 is 4.74 Å². The Balaban J connectivity index is 2.92. The van der Waals surface area contributed by atoms with E-state index in [4.69, 9.17) is 10.5 Å². The number of aryl methyl sites for hydroxylation is 2. The van der Waals surface area contributed by atoms with Crippen LogP contribution in [0.25, 0.3) is 0 Å². The monoisotopic (exact) mass is 211 g/mol. The van der Waals surface area contributed by atoms with Gasteiger partial charge in [0.15, 0.2) is 0 Å². The van der Waals surface area contributed by atoms with E-state index in [9.17, 15) is 0 Å². The molecule has 0 saturated carbocycles.